The van der Waals surface area contributed by atoms with Crippen LogP contribution in [-0.4, -0.2) is 22.2 Å². The quantitative estimate of drug-likeness (QED) is 0.524. The van der Waals surface area contributed by atoms with Gasteiger partial charge in [-0.1, -0.05) is 65.7 Å². The van der Waals surface area contributed by atoms with E-state index in [-0.39, 0.29) is 6.42 Å². The van der Waals surface area contributed by atoms with Crippen LogP contribution in [0.25, 0.3) is 0 Å². The fourth-order valence-corrected chi connectivity index (χ4v) is 2.67. The molecule has 0 bridgehead atoms. The van der Waals surface area contributed by atoms with Gasteiger partial charge in [-0.15, -0.1) is 0 Å². The fraction of sp³-hybridized carbons (Fsp3) is 0.875. The van der Waals surface area contributed by atoms with E-state index in [0.29, 0.717) is 6.42 Å². The van der Waals surface area contributed by atoms with E-state index >= 15 is 0 Å². The van der Waals surface area contributed by atoms with E-state index in [1.54, 1.807) is 13.8 Å². The highest BCUT2D eigenvalue weighted by Gasteiger charge is 2.36. The minimum absolute atomic E-state index is 0.0968. The van der Waals surface area contributed by atoms with Gasteiger partial charge in [0.15, 0.2) is 0 Å². The van der Waals surface area contributed by atoms with Crippen LogP contribution in [0.2, 0.25) is 0 Å². The SMILES string of the molecule is CCCCCCCCCC(C(=O)O)C(C)(C)CC(=O)O. The Kier molecular flexibility index (Phi) is 9.26. The first-order valence-electron chi connectivity index (χ1n) is 7.76. The van der Waals surface area contributed by atoms with Crippen molar-refractivity contribution in [2.45, 2.75) is 78.6 Å². The lowest BCUT2D eigenvalue weighted by Crippen LogP contribution is -2.33. The molecule has 0 aromatic rings. The zero-order chi connectivity index (χ0) is 15.6. The Morgan fingerprint density at radius 1 is 0.950 bits per heavy atom. The van der Waals surface area contributed by atoms with Gasteiger partial charge in [-0.05, 0) is 11.8 Å². The summed E-state index contributed by atoms with van der Waals surface area (Å²) in [4.78, 5) is 22.2. The van der Waals surface area contributed by atoms with E-state index in [0.717, 1.165) is 19.3 Å². The molecule has 4 heteroatoms. The maximum atomic E-state index is 11.3. The molecule has 1 unspecified atom stereocenters. The van der Waals surface area contributed by atoms with Gasteiger partial charge in [0.25, 0.3) is 0 Å². The Hall–Kier alpha value is -1.06. The second-order valence-corrected chi connectivity index (χ2v) is 6.36. The summed E-state index contributed by atoms with van der Waals surface area (Å²) < 4.78 is 0. The van der Waals surface area contributed by atoms with Gasteiger partial charge in [-0.25, -0.2) is 0 Å². The minimum Gasteiger partial charge on any atom is -0.481 e. The molecule has 0 aromatic heterocycles. The van der Waals surface area contributed by atoms with Crippen LogP contribution in [0.4, 0.5) is 0 Å². The molecule has 0 spiro atoms. The van der Waals surface area contributed by atoms with Crippen LogP contribution in [0, 0.1) is 11.3 Å². The molecule has 118 valence electrons. The van der Waals surface area contributed by atoms with Crippen molar-refractivity contribution in [3.05, 3.63) is 0 Å². The Labute approximate surface area is 122 Å². The summed E-state index contributed by atoms with van der Waals surface area (Å²) in [6.07, 6.45) is 8.49. The van der Waals surface area contributed by atoms with Gasteiger partial charge < -0.3 is 10.2 Å². The Morgan fingerprint density at radius 3 is 1.90 bits per heavy atom. The highest BCUT2D eigenvalue weighted by atomic mass is 16.4. The molecule has 1 atom stereocenters. The first-order valence-corrected chi connectivity index (χ1v) is 7.76. The van der Waals surface area contributed by atoms with Crippen LogP contribution in [-0.2, 0) is 9.59 Å². The lowest BCUT2D eigenvalue weighted by atomic mass is 9.74. The Bertz CT molecular complexity index is 297. The van der Waals surface area contributed by atoms with E-state index in [1.807, 2.05) is 0 Å². The average molecular weight is 286 g/mol. The molecular formula is C16H30O4. The number of hydrogen-bond acceptors (Lipinski definition) is 2. The van der Waals surface area contributed by atoms with Gasteiger partial charge in [0.05, 0.1) is 12.3 Å². The topological polar surface area (TPSA) is 74.6 Å². The minimum atomic E-state index is -0.930. The van der Waals surface area contributed by atoms with Crippen molar-refractivity contribution in [1.82, 2.24) is 0 Å². The highest BCUT2D eigenvalue weighted by molar-refractivity contribution is 5.73. The van der Waals surface area contributed by atoms with Crippen LogP contribution < -0.4 is 0 Å². The molecule has 0 fully saturated rings. The maximum absolute atomic E-state index is 11.3. The number of rotatable bonds is 12. The van der Waals surface area contributed by atoms with Crippen LogP contribution in [0.5, 0.6) is 0 Å². The summed E-state index contributed by atoms with van der Waals surface area (Å²) in [6.45, 7) is 5.66. The van der Waals surface area contributed by atoms with Crippen molar-refractivity contribution in [2.24, 2.45) is 11.3 Å². The third kappa shape index (κ3) is 8.18. The molecule has 0 aliphatic heterocycles. The predicted molar refractivity (Wildman–Crippen MR) is 79.8 cm³/mol. The molecule has 20 heavy (non-hydrogen) atoms. The van der Waals surface area contributed by atoms with Crippen LogP contribution in [0.15, 0.2) is 0 Å². The largest absolute Gasteiger partial charge is 0.481 e. The van der Waals surface area contributed by atoms with E-state index in [2.05, 4.69) is 6.92 Å². The number of carboxylic acid groups (broad SMARTS) is 2. The third-order valence-corrected chi connectivity index (χ3v) is 3.94. The molecule has 0 aliphatic rings. The number of aliphatic carboxylic acids is 2. The summed E-state index contributed by atoms with van der Waals surface area (Å²) in [5.74, 6) is -2.38. The van der Waals surface area contributed by atoms with Gasteiger partial charge in [-0.3, -0.25) is 9.59 Å². The van der Waals surface area contributed by atoms with Crippen molar-refractivity contribution in [3.63, 3.8) is 0 Å². The van der Waals surface area contributed by atoms with Crippen LogP contribution in [0.1, 0.15) is 78.6 Å². The number of unbranched alkanes of at least 4 members (excludes halogenated alkanes) is 6. The second kappa shape index (κ2) is 9.78. The normalized spacial score (nSPS) is 13.2. The molecule has 0 saturated heterocycles. The first kappa shape index (κ1) is 18.9. The summed E-state index contributed by atoms with van der Waals surface area (Å²) >= 11 is 0. The van der Waals surface area contributed by atoms with E-state index in [9.17, 15) is 14.7 Å². The fourth-order valence-electron chi connectivity index (χ4n) is 2.67. The van der Waals surface area contributed by atoms with Crippen molar-refractivity contribution < 1.29 is 19.8 Å². The predicted octanol–water partition coefficient (Wildman–Crippen LogP) is 4.33. The molecule has 0 aromatic carbocycles. The molecule has 0 rings (SSSR count). The smallest absolute Gasteiger partial charge is 0.307 e. The van der Waals surface area contributed by atoms with Crippen molar-refractivity contribution in [1.29, 1.82) is 0 Å². The Balaban J connectivity index is 4.10. The van der Waals surface area contributed by atoms with Gasteiger partial charge in [0.2, 0.25) is 0 Å². The molecule has 4 nitrogen and oxygen atoms in total. The monoisotopic (exact) mass is 286 g/mol. The van der Waals surface area contributed by atoms with Gasteiger partial charge in [-0.2, -0.15) is 0 Å². The second-order valence-electron chi connectivity index (χ2n) is 6.36. The summed E-state index contributed by atoms with van der Waals surface area (Å²) in [5, 5.41) is 18.2. The molecule has 0 heterocycles. The molecular weight excluding hydrogens is 256 g/mol. The van der Waals surface area contributed by atoms with E-state index in [4.69, 9.17) is 5.11 Å². The maximum Gasteiger partial charge on any atom is 0.307 e. The molecule has 0 saturated carbocycles. The number of hydrogen-bond donors (Lipinski definition) is 2. The molecule has 2 N–H and O–H groups in total. The molecule has 0 aliphatic carbocycles. The van der Waals surface area contributed by atoms with Crippen LogP contribution >= 0.6 is 0 Å². The number of carbonyl (C=O) groups is 2. The van der Waals surface area contributed by atoms with Crippen molar-refractivity contribution in [3.8, 4) is 0 Å². The molecule has 0 amide bonds. The molecule has 0 radical (unpaired) electrons. The van der Waals surface area contributed by atoms with E-state index in [1.165, 1.54) is 25.7 Å². The average Bonchev–Trinajstić information content (AvgIpc) is 2.30. The van der Waals surface area contributed by atoms with Crippen LogP contribution in [0.3, 0.4) is 0 Å². The van der Waals surface area contributed by atoms with Crippen molar-refractivity contribution in [2.75, 3.05) is 0 Å². The van der Waals surface area contributed by atoms with E-state index < -0.39 is 23.3 Å². The third-order valence-electron chi connectivity index (χ3n) is 3.94. The summed E-state index contributed by atoms with van der Waals surface area (Å²) in [6, 6.07) is 0. The van der Waals surface area contributed by atoms with Crippen molar-refractivity contribution >= 4 is 11.9 Å². The standard InChI is InChI=1S/C16H30O4/c1-4-5-6-7-8-9-10-11-13(15(19)20)16(2,3)12-14(17)18/h13H,4-12H2,1-3H3,(H,17,18)(H,19,20). The lowest BCUT2D eigenvalue weighted by Gasteiger charge is -2.30. The lowest BCUT2D eigenvalue weighted by molar-refractivity contribution is -0.149. The zero-order valence-corrected chi connectivity index (χ0v) is 13.2. The summed E-state index contributed by atoms with van der Waals surface area (Å²) in [5.41, 5.74) is -0.695. The Morgan fingerprint density at radius 2 is 1.45 bits per heavy atom. The number of carboxylic acids is 2. The van der Waals surface area contributed by atoms with Gasteiger partial charge in [0, 0.05) is 0 Å². The summed E-state index contributed by atoms with van der Waals surface area (Å²) in [7, 11) is 0. The van der Waals surface area contributed by atoms with Gasteiger partial charge in [0.1, 0.15) is 0 Å². The highest BCUT2D eigenvalue weighted by Crippen LogP contribution is 2.34. The first-order chi connectivity index (χ1) is 9.31. The zero-order valence-electron chi connectivity index (χ0n) is 13.2. The van der Waals surface area contributed by atoms with Gasteiger partial charge >= 0.3 is 11.9 Å².